The molecular weight excluding hydrogens is 278 g/mol. The highest BCUT2D eigenvalue weighted by Gasteiger charge is 2.48. The lowest BCUT2D eigenvalue weighted by Gasteiger charge is -2.20. The van der Waals surface area contributed by atoms with Crippen molar-refractivity contribution in [1.82, 2.24) is 0 Å². The minimum atomic E-state index is -3.20. The van der Waals surface area contributed by atoms with Crippen molar-refractivity contribution in [3.63, 3.8) is 0 Å². The Morgan fingerprint density at radius 1 is 1.35 bits per heavy atom. The third kappa shape index (κ3) is 4.19. The van der Waals surface area contributed by atoms with Crippen molar-refractivity contribution < 1.29 is 17.9 Å². The molecule has 0 aromatic carbocycles. The number of hydrogen-bond acceptors (Lipinski definition) is 5. The lowest BCUT2D eigenvalue weighted by molar-refractivity contribution is -0.141. The highest BCUT2D eigenvalue weighted by Crippen LogP contribution is 2.50. The number of ether oxygens (including phenoxy) is 1. The summed E-state index contributed by atoms with van der Waals surface area (Å²) in [4.78, 5) is 11.3. The fourth-order valence-corrected chi connectivity index (χ4v) is 5.57. The van der Waals surface area contributed by atoms with E-state index in [0.717, 1.165) is 38.5 Å². The molecule has 0 bridgehead atoms. The zero-order chi connectivity index (χ0) is 14.8. The topological polar surface area (TPSA) is 86.5 Å². The number of nitrogens with two attached hydrogens (primary N) is 1. The molecule has 2 fully saturated rings. The van der Waals surface area contributed by atoms with Gasteiger partial charge in [0.15, 0.2) is 9.84 Å². The Morgan fingerprint density at radius 2 is 1.95 bits per heavy atom. The molecule has 0 spiro atoms. The molecule has 0 aromatic rings. The van der Waals surface area contributed by atoms with Gasteiger partial charge in [-0.15, -0.1) is 0 Å². The third-order valence-electron chi connectivity index (χ3n) is 4.68. The van der Waals surface area contributed by atoms with Gasteiger partial charge in [0.1, 0.15) is 0 Å². The van der Waals surface area contributed by atoms with Crippen molar-refractivity contribution in [3.8, 4) is 0 Å². The van der Waals surface area contributed by atoms with Crippen LogP contribution in [0.4, 0.5) is 0 Å². The summed E-state index contributed by atoms with van der Waals surface area (Å²) < 4.78 is 29.2. The molecule has 0 amide bonds. The average molecular weight is 303 g/mol. The minimum Gasteiger partial charge on any atom is -0.469 e. The van der Waals surface area contributed by atoms with Crippen LogP contribution in [-0.4, -0.2) is 39.0 Å². The second kappa shape index (κ2) is 6.02. The van der Waals surface area contributed by atoms with E-state index >= 15 is 0 Å². The van der Waals surface area contributed by atoms with Gasteiger partial charge in [-0.3, -0.25) is 4.79 Å². The lowest BCUT2D eigenvalue weighted by atomic mass is 10.0. The molecule has 0 aliphatic heterocycles. The fourth-order valence-electron chi connectivity index (χ4n) is 3.27. The van der Waals surface area contributed by atoms with Crippen LogP contribution < -0.4 is 5.73 Å². The Labute approximate surface area is 121 Å². The number of sulfone groups is 1. The van der Waals surface area contributed by atoms with Gasteiger partial charge >= 0.3 is 5.97 Å². The van der Waals surface area contributed by atoms with Crippen LogP contribution in [0.15, 0.2) is 0 Å². The molecule has 2 aliphatic rings. The summed E-state index contributed by atoms with van der Waals surface area (Å²) in [5.41, 5.74) is 5.69. The van der Waals surface area contributed by atoms with E-state index in [-0.39, 0.29) is 35.4 Å². The van der Waals surface area contributed by atoms with E-state index in [2.05, 4.69) is 4.74 Å². The Hall–Kier alpha value is -0.620. The van der Waals surface area contributed by atoms with Crippen molar-refractivity contribution in [1.29, 1.82) is 0 Å². The van der Waals surface area contributed by atoms with Gasteiger partial charge in [0.2, 0.25) is 0 Å². The molecule has 0 radical (unpaired) electrons. The van der Waals surface area contributed by atoms with Crippen LogP contribution in [0.3, 0.4) is 0 Å². The Bertz CT molecular complexity index is 450. The first-order chi connectivity index (χ1) is 9.36. The van der Waals surface area contributed by atoms with Gasteiger partial charge in [-0.2, -0.15) is 0 Å². The number of methoxy groups -OCH3 is 1. The second-order valence-electron chi connectivity index (χ2n) is 6.52. The number of esters is 1. The normalized spacial score (nSPS) is 23.5. The van der Waals surface area contributed by atoms with Crippen LogP contribution in [0.1, 0.15) is 44.9 Å². The standard InChI is InChI=1S/C14H25NO4S/c1-19-13(16)8-14(6-7-14)10-20(17,18)9-12(15)11-4-2-3-5-11/h11-12H,2-10,15H2,1H3. The fraction of sp³-hybridized carbons (Fsp3) is 0.929. The van der Waals surface area contributed by atoms with Gasteiger partial charge in [0.25, 0.3) is 0 Å². The molecule has 0 aromatic heterocycles. The van der Waals surface area contributed by atoms with Crippen LogP contribution >= 0.6 is 0 Å². The van der Waals surface area contributed by atoms with Crippen molar-refractivity contribution in [2.45, 2.75) is 51.0 Å². The summed E-state index contributed by atoms with van der Waals surface area (Å²) in [7, 11) is -1.86. The molecule has 2 saturated carbocycles. The molecule has 20 heavy (non-hydrogen) atoms. The summed E-state index contributed by atoms with van der Waals surface area (Å²) in [6.45, 7) is 0. The molecule has 0 saturated heterocycles. The molecule has 6 heteroatoms. The van der Waals surface area contributed by atoms with Crippen molar-refractivity contribution in [2.75, 3.05) is 18.6 Å². The maximum atomic E-state index is 12.3. The summed E-state index contributed by atoms with van der Waals surface area (Å²) >= 11 is 0. The summed E-state index contributed by atoms with van der Waals surface area (Å²) in [6.07, 6.45) is 6.20. The van der Waals surface area contributed by atoms with Gasteiger partial charge in [-0.1, -0.05) is 12.8 Å². The predicted molar refractivity (Wildman–Crippen MR) is 76.9 cm³/mol. The molecule has 2 aliphatic carbocycles. The zero-order valence-corrected chi connectivity index (χ0v) is 13.0. The van der Waals surface area contributed by atoms with Crippen molar-refractivity contribution in [2.24, 2.45) is 17.1 Å². The number of hydrogen-bond donors (Lipinski definition) is 1. The minimum absolute atomic E-state index is 0.0561. The van der Waals surface area contributed by atoms with Crippen LogP contribution in [0.25, 0.3) is 0 Å². The quantitative estimate of drug-likeness (QED) is 0.716. The van der Waals surface area contributed by atoms with E-state index in [4.69, 9.17) is 5.73 Å². The van der Waals surface area contributed by atoms with Gasteiger partial charge in [-0.25, -0.2) is 8.42 Å². The molecule has 1 atom stereocenters. The maximum Gasteiger partial charge on any atom is 0.306 e. The average Bonchev–Trinajstić information content (AvgIpc) is 2.91. The van der Waals surface area contributed by atoms with E-state index in [0.29, 0.717) is 5.92 Å². The smallest absolute Gasteiger partial charge is 0.306 e. The second-order valence-corrected chi connectivity index (χ2v) is 8.63. The Morgan fingerprint density at radius 3 is 2.45 bits per heavy atom. The highest BCUT2D eigenvalue weighted by atomic mass is 32.2. The highest BCUT2D eigenvalue weighted by molar-refractivity contribution is 7.91. The monoisotopic (exact) mass is 303 g/mol. The van der Waals surface area contributed by atoms with Crippen LogP contribution in [0.2, 0.25) is 0 Å². The first-order valence-electron chi connectivity index (χ1n) is 7.39. The zero-order valence-electron chi connectivity index (χ0n) is 12.1. The Balaban J connectivity index is 1.88. The Kier molecular flexibility index (Phi) is 4.74. The predicted octanol–water partition coefficient (Wildman–Crippen LogP) is 1.26. The largest absolute Gasteiger partial charge is 0.469 e. The number of carbonyl (C=O) groups is 1. The van der Waals surface area contributed by atoms with Gasteiger partial charge in [0.05, 0.1) is 25.0 Å². The van der Waals surface area contributed by atoms with Crippen LogP contribution in [0, 0.1) is 11.3 Å². The lowest BCUT2D eigenvalue weighted by Crippen LogP contribution is -2.38. The first-order valence-corrected chi connectivity index (χ1v) is 9.21. The van der Waals surface area contributed by atoms with Crippen LogP contribution in [-0.2, 0) is 19.4 Å². The van der Waals surface area contributed by atoms with Crippen molar-refractivity contribution >= 4 is 15.8 Å². The van der Waals surface area contributed by atoms with Gasteiger partial charge < -0.3 is 10.5 Å². The van der Waals surface area contributed by atoms with Crippen LogP contribution in [0.5, 0.6) is 0 Å². The van der Waals surface area contributed by atoms with E-state index in [1.807, 2.05) is 0 Å². The SMILES string of the molecule is COC(=O)CC1(CS(=O)(=O)CC(N)C2CCCC2)CC1. The molecule has 5 nitrogen and oxygen atoms in total. The van der Waals surface area contributed by atoms with Crippen molar-refractivity contribution in [3.05, 3.63) is 0 Å². The molecule has 2 N–H and O–H groups in total. The van der Waals surface area contributed by atoms with E-state index in [1.165, 1.54) is 7.11 Å². The molecular formula is C14H25NO4S. The maximum absolute atomic E-state index is 12.3. The van der Waals surface area contributed by atoms with E-state index in [1.54, 1.807) is 0 Å². The third-order valence-corrected chi connectivity index (χ3v) is 6.63. The van der Waals surface area contributed by atoms with Gasteiger partial charge in [0, 0.05) is 6.04 Å². The summed E-state index contributed by atoms with van der Waals surface area (Å²) in [5, 5.41) is 0. The first kappa shape index (κ1) is 15.8. The summed E-state index contributed by atoms with van der Waals surface area (Å²) in [5.74, 6) is 0.161. The van der Waals surface area contributed by atoms with E-state index in [9.17, 15) is 13.2 Å². The van der Waals surface area contributed by atoms with Gasteiger partial charge in [-0.05, 0) is 37.0 Å². The molecule has 1 unspecified atom stereocenters. The summed E-state index contributed by atoms with van der Waals surface area (Å²) in [6, 6.07) is -0.253. The molecule has 0 heterocycles. The molecule has 116 valence electrons. The number of rotatable bonds is 7. The molecule has 2 rings (SSSR count). The van der Waals surface area contributed by atoms with E-state index < -0.39 is 9.84 Å². The number of carbonyl (C=O) groups excluding carboxylic acids is 1.